The minimum Gasteiger partial charge on any atom is -0.342 e. The Bertz CT molecular complexity index is 334. The SMILES string of the molecule is CCCC(CC1CCCCC1)C(=O)N1CCC(C(C)N)CC1.Cl. The molecule has 23 heavy (non-hydrogen) atoms. The number of halogens is 1. The summed E-state index contributed by atoms with van der Waals surface area (Å²) in [5.74, 6) is 2.12. The van der Waals surface area contributed by atoms with Gasteiger partial charge in [0.15, 0.2) is 0 Å². The number of piperidine rings is 1. The standard InChI is InChI=1S/C19H36N2O.ClH/c1-3-7-18(14-16-8-5-4-6-9-16)19(22)21-12-10-17(11-13-21)15(2)20;/h15-18H,3-14,20H2,1-2H3;1H. The zero-order chi connectivity index (χ0) is 15.9. The highest BCUT2D eigenvalue weighted by atomic mass is 35.5. The van der Waals surface area contributed by atoms with Crippen LogP contribution >= 0.6 is 12.4 Å². The van der Waals surface area contributed by atoms with Gasteiger partial charge in [0.05, 0.1) is 0 Å². The minimum atomic E-state index is 0. The number of carbonyl (C=O) groups is 1. The molecule has 1 aliphatic heterocycles. The molecule has 2 unspecified atom stereocenters. The first kappa shape index (κ1) is 20.8. The first-order valence-corrected chi connectivity index (χ1v) is 9.66. The van der Waals surface area contributed by atoms with E-state index in [1.165, 1.54) is 32.1 Å². The van der Waals surface area contributed by atoms with E-state index in [1.54, 1.807) is 0 Å². The zero-order valence-electron chi connectivity index (χ0n) is 15.1. The van der Waals surface area contributed by atoms with Crippen LogP contribution < -0.4 is 5.73 Å². The number of nitrogens with zero attached hydrogens (tertiary/aromatic N) is 1. The fraction of sp³-hybridized carbons (Fsp3) is 0.947. The van der Waals surface area contributed by atoms with E-state index in [0.29, 0.717) is 11.8 Å². The summed E-state index contributed by atoms with van der Waals surface area (Å²) in [6.45, 7) is 6.17. The fourth-order valence-electron chi connectivity index (χ4n) is 4.42. The number of rotatable bonds is 6. The first-order chi connectivity index (χ1) is 10.6. The van der Waals surface area contributed by atoms with Crippen molar-refractivity contribution in [2.45, 2.75) is 84.1 Å². The van der Waals surface area contributed by atoms with Gasteiger partial charge in [0.2, 0.25) is 5.91 Å². The predicted molar refractivity (Wildman–Crippen MR) is 99.8 cm³/mol. The van der Waals surface area contributed by atoms with E-state index in [1.807, 2.05) is 0 Å². The van der Waals surface area contributed by atoms with Crippen LogP contribution in [0.4, 0.5) is 0 Å². The Morgan fingerprint density at radius 1 is 1.13 bits per heavy atom. The van der Waals surface area contributed by atoms with Crippen molar-refractivity contribution in [2.75, 3.05) is 13.1 Å². The van der Waals surface area contributed by atoms with E-state index in [4.69, 9.17) is 5.73 Å². The highest BCUT2D eigenvalue weighted by Crippen LogP contribution is 2.32. The van der Waals surface area contributed by atoms with Gasteiger partial charge < -0.3 is 10.6 Å². The third-order valence-corrected chi connectivity index (χ3v) is 5.92. The highest BCUT2D eigenvalue weighted by Gasteiger charge is 2.30. The quantitative estimate of drug-likeness (QED) is 0.777. The van der Waals surface area contributed by atoms with Crippen molar-refractivity contribution in [3.8, 4) is 0 Å². The molecule has 4 heteroatoms. The Morgan fingerprint density at radius 3 is 2.26 bits per heavy atom. The first-order valence-electron chi connectivity index (χ1n) is 9.66. The fourth-order valence-corrected chi connectivity index (χ4v) is 4.42. The molecule has 1 amide bonds. The summed E-state index contributed by atoms with van der Waals surface area (Å²) in [6.07, 6.45) is 12.3. The normalized spacial score (nSPS) is 23.2. The van der Waals surface area contributed by atoms with Gasteiger partial charge in [-0.05, 0) is 44.4 Å². The molecule has 1 heterocycles. The Balaban J connectivity index is 0.00000264. The van der Waals surface area contributed by atoms with Crippen molar-refractivity contribution >= 4 is 18.3 Å². The lowest BCUT2D eigenvalue weighted by Gasteiger charge is -2.36. The maximum atomic E-state index is 12.9. The smallest absolute Gasteiger partial charge is 0.225 e. The van der Waals surface area contributed by atoms with Crippen LogP contribution in [0.1, 0.15) is 78.1 Å². The lowest BCUT2D eigenvalue weighted by Crippen LogP contribution is -2.45. The molecular weight excluding hydrogens is 308 g/mol. The summed E-state index contributed by atoms with van der Waals surface area (Å²) < 4.78 is 0. The Kier molecular flexibility index (Phi) is 9.53. The highest BCUT2D eigenvalue weighted by molar-refractivity contribution is 5.85. The summed E-state index contributed by atoms with van der Waals surface area (Å²) in [7, 11) is 0. The van der Waals surface area contributed by atoms with E-state index >= 15 is 0 Å². The van der Waals surface area contributed by atoms with Crippen molar-refractivity contribution in [1.82, 2.24) is 4.90 Å². The third kappa shape index (κ3) is 6.26. The van der Waals surface area contributed by atoms with E-state index < -0.39 is 0 Å². The molecule has 2 rings (SSSR count). The molecule has 2 fully saturated rings. The second-order valence-electron chi connectivity index (χ2n) is 7.75. The molecule has 0 aromatic heterocycles. The van der Waals surface area contributed by atoms with Gasteiger partial charge in [0.1, 0.15) is 0 Å². The molecule has 0 aromatic rings. The zero-order valence-corrected chi connectivity index (χ0v) is 16.0. The molecule has 1 saturated carbocycles. The molecule has 136 valence electrons. The van der Waals surface area contributed by atoms with Crippen molar-refractivity contribution in [3.05, 3.63) is 0 Å². The van der Waals surface area contributed by atoms with Gasteiger partial charge in [-0.1, -0.05) is 45.4 Å². The van der Waals surface area contributed by atoms with Gasteiger partial charge in [-0.2, -0.15) is 0 Å². The second kappa shape index (κ2) is 10.6. The summed E-state index contributed by atoms with van der Waals surface area (Å²) >= 11 is 0. The van der Waals surface area contributed by atoms with Crippen molar-refractivity contribution in [2.24, 2.45) is 23.5 Å². The molecule has 1 aliphatic carbocycles. The average Bonchev–Trinajstić information content (AvgIpc) is 2.55. The maximum Gasteiger partial charge on any atom is 0.225 e. The van der Waals surface area contributed by atoms with Crippen LogP contribution in [0.25, 0.3) is 0 Å². The summed E-state index contributed by atoms with van der Waals surface area (Å²) in [4.78, 5) is 15.1. The van der Waals surface area contributed by atoms with Gasteiger partial charge in [0, 0.05) is 25.0 Å². The number of nitrogens with two attached hydrogens (primary N) is 1. The molecule has 0 aromatic carbocycles. The van der Waals surface area contributed by atoms with Gasteiger partial charge in [-0.15, -0.1) is 12.4 Å². The summed E-state index contributed by atoms with van der Waals surface area (Å²) in [5.41, 5.74) is 6.02. The van der Waals surface area contributed by atoms with Crippen LogP contribution in [-0.4, -0.2) is 29.9 Å². The summed E-state index contributed by atoms with van der Waals surface area (Å²) in [6, 6.07) is 0.269. The molecule has 1 saturated heterocycles. The predicted octanol–water partition coefficient (Wildman–Crippen LogP) is 4.38. The number of likely N-dealkylation sites (tertiary alicyclic amines) is 1. The second-order valence-corrected chi connectivity index (χ2v) is 7.75. The van der Waals surface area contributed by atoms with Crippen LogP contribution in [0.2, 0.25) is 0 Å². The van der Waals surface area contributed by atoms with E-state index in [-0.39, 0.29) is 24.4 Å². The number of hydrogen-bond acceptors (Lipinski definition) is 2. The van der Waals surface area contributed by atoms with Crippen molar-refractivity contribution < 1.29 is 4.79 Å². The third-order valence-electron chi connectivity index (χ3n) is 5.92. The molecule has 0 radical (unpaired) electrons. The number of carbonyl (C=O) groups excluding carboxylic acids is 1. The molecule has 2 N–H and O–H groups in total. The van der Waals surface area contributed by atoms with Crippen molar-refractivity contribution in [3.63, 3.8) is 0 Å². The van der Waals surface area contributed by atoms with Crippen molar-refractivity contribution in [1.29, 1.82) is 0 Å². The molecule has 2 aliphatic rings. The lowest BCUT2D eigenvalue weighted by atomic mass is 9.80. The molecule has 2 atom stereocenters. The molecular formula is C19H37ClN2O. The topological polar surface area (TPSA) is 46.3 Å². The Hall–Kier alpha value is -0.280. The van der Waals surface area contributed by atoms with E-state index in [9.17, 15) is 4.79 Å². The van der Waals surface area contributed by atoms with Crippen LogP contribution in [-0.2, 0) is 4.79 Å². The average molecular weight is 345 g/mol. The van der Waals surface area contributed by atoms with Gasteiger partial charge in [-0.25, -0.2) is 0 Å². The van der Waals surface area contributed by atoms with Gasteiger partial charge in [-0.3, -0.25) is 4.79 Å². The minimum absolute atomic E-state index is 0. The number of amides is 1. The lowest BCUT2D eigenvalue weighted by molar-refractivity contribution is -0.138. The molecule has 3 nitrogen and oxygen atoms in total. The largest absolute Gasteiger partial charge is 0.342 e. The summed E-state index contributed by atoms with van der Waals surface area (Å²) in [5, 5.41) is 0. The Labute approximate surface area is 149 Å². The maximum absolute atomic E-state index is 12.9. The van der Waals surface area contributed by atoms with E-state index in [0.717, 1.165) is 51.1 Å². The Morgan fingerprint density at radius 2 is 1.74 bits per heavy atom. The van der Waals surface area contributed by atoms with Crippen LogP contribution in [0.5, 0.6) is 0 Å². The van der Waals surface area contributed by atoms with Crippen LogP contribution in [0, 0.1) is 17.8 Å². The molecule has 0 spiro atoms. The van der Waals surface area contributed by atoms with Crippen LogP contribution in [0.15, 0.2) is 0 Å². The van der Waals surface area contributed by atoms with Crippen LogP contribution in [0.3, 0.4) is 0 Å². The monoisotopic (exact) mass is 344 g/mol. The van der Waals surface area contributed by atoms with Gasteiger partial charge >= 0.3 is 0 Å². The van der Waals surface area contributed by atoms with Gasteiger partial charge in [0.25, 0.3) is 0 Å². The number of hydrogen-bond donors (Lipinski definition) is 1. The molecule has 0 bridgehead atoms. The van der Waals surface area contributed by atoms with E-state index in [2.05, 4.69) is 18.7 Å².